The Morgan fingerprint density at radius 2 is 1.87 bits per heavy atom. The van der Waals surface area contributed by atoms with Crippen molar-refractivity contribution in [3.63, 3.8) is 0 Å². The number of halogens is 1. The van der Waals surface area contributed by atoms with E-state index < -0.39 is 5.82 Å². The third-order valence-electron chi connectivity index (χ3n) is 5.19. The molecule has 1 aliphatic heterocycles. The van der Waals surface area contributed by atoms with Crippen molar-refractivity contribution in [3.8, 4) is 0 Å². The van der Waals surface area contributed by atoms with Crippen molar-refractivity contribution < 1.29 is 14.0 Å². The van der Waals surface area contributed by atoms with E-state index in [1.807, 2.05) is 24.3 Å². The lowest BCUT2D eigenvalue weighted by Crippen LogP contribution is -2.28. The number of hydrogen-bond donors (Lipinski definition) is 1. The normalized spacial score (nSPS) is 16.1. The van der Waals surface area contributed by atoms with Crippen molar-refractivity contribution in [2.45, 2.75) is 57.2 Å². The van der Waals surface area contributed by atoms with Crippen molar-refractivity contribution in [2.75, 3.05) is 16.0 Å². The van der Waals surface area contributed by atoms with Crippen LogP contribution in [0.25, 0.3) is 0 Å². The third kappa shape index (κ3) is 5.85. The van der Waals surface area contributed by atoms with E-state index in [9.17, 15) is 14.0 Å². The Kier molecular flexibility index (Phi) is 8.31. The fourth-order valence-corrected chi connectivity index (χ4v) is 4.80. The average Bonchev–Trinajstić information content (AvgIpc) is 3.12. The second-order valence-corrected chi connectivity index (χ2v) is 8.64. The molecule has 30 heavy (non-hydrogen) atoms. The summed E-state index contributed by atoms with van der Waals surface area (Å²) in [5.41, 5.74) is 1.86. The van der Waals surface area contributed by atoms with Crippen LogP contribution in [0.1, 0.15) is 62.8 Å². The predicted octanol–water partition coefficient (Wildman–Crippen LogP) is 6.29. The molecular weight excluding hydrogens is 399 g/mol. The van der Waals surface area contributed by atoms with Crippen LogP contribution in [-0.2, 0) is 9.59 Å². The molecule has 2 aromatic rings. The number of nitrogens with zero attached hydrogens (tertiary/aromatic N) is 1. The molecule has 0 bridgehead atoms. The first-order valence-corrected chi connectivity index (χ1v) is 11.7. The summed E-state index contributed by atoms with van der Waals surface area (Å²) in [6.45, 7) is 2.19. The van der Waals surface area contributed by atoms with Crippen LogP contribution >= 0.6 is 11.8 Å². The topological polar surface area (TPSA) is 49.4 Å². The molecule has 6 heteroatoms. The Morgan fingerprint density at radius 1 is 1.10 bits per heavy atom. The number of unbranched alkanes of at least 4 members (excludes halogenated alkanes) is 5. The third-order valence-corrected chi connectivity index (χ3v) is 6.41. The van der Waals surface area contributed by atoms with Gasteiger partial charge < -0.3 is 5.32 Å². The van der Waals surface area contributed by atoms with Gasteiger partial charge in [0, 0.05) is 12.1 Å². The lowest BCUT2D eigenvalue weighted by atomic mass is 10.1. The van der Waals surface area contributed by atoms with Gasteiger partial charge in [0.25, 0.3) is 0 Å². The van der Waals surface area contributed by atoms with Gasteiger partial charge in [0.1, 0.15) is 11.2 Å². The van der Waals surface area contributed by atoms with Crippen molar-refractivity contribution in [3.05, 3.63) is 59.9 Å². The highest BCUT2D eigenvalue weighted by molar-refractivity contribution is 8.00. The molecule has 1 N–H and O–H groups in total. The zero-order valence-electron chi connectivity index (χ0n) is 17.4. The molecule has 1 heterocycles. The Labute approximate surface area is 182 Å². The van der Waals surface area contributed by atoms with Gasteiger partial charge in [0.05, 0.1) is 11.4 Å². The van der Waals surface area contributed by atoms with E-state index in [4.69, 9.17) is 0 Å². The molecule has 3 rings (SSSR count). The highest BCUT2D eigenvalue weighted by Crippen LogP contribution is 2.42. The van der Waals surface area contributed by atoms with Gasteiger partial charge in [0.15, 0.2) is 0 Å². The molecule has 160 valence electrons. The standard InChI is InChI=1S/C24H29FN2O2S/c1-2-3-4-5-6-7-15-22(28)26-19-12-10-11-18(16-19)24-27(23(29)17-30-24)21-14-9-8-13-20(21)25/h8-14,16,24H,2-7,15,17H2,1H3,(H,26,28). The molecule has 2 aromatic carbocycles. The summed E-state index contributed by atoms with van der Waals surface area (Å²) in [5.74, 6) is -0.230. The minimum Gasteiger partial charge on any atom is -0.326 e. The van der Waals surface area contributed by atoms with E-state index in [1.165, 1.54) is 48.4 Å². The fraction of sp³-hybridized carbons (Fsp3) is 0.417. The molecule has 1 unspecified atom stereocenters. The van der Waals surface area contributed by atoms with Gasteiger partial charge in [-0.2, -0.15) is 0 Å². The second-order valence-electron chi connectivity index (χ2n) is 7.57. The SMILES string of the molecule is CCCCCCCCC(=O)Nc1cccc(C2SCC(=O)N2c2ccccc2F)c1. The quantitative estimate of drug-likeness (QED) is 0.452. The summed E-state index contributed by atoms with van der Waals surface area (Å²) < 4.78 is 14.3. The number of para-hydroxylation sites is 1. The molecule has 4 nitrogen and oxygen atoms in total. The van der Waals surface area contributed by atoms with Gasteiger partial charge in [-0.15, -0.1) is 11.8 Å². The number of amides is 2. The van der Waals surface area contributed by atoms with Gasteiger partial charge in [-0.1, -0.05) is 63.3 Å². The molecule has 0 spiro atoms. The first-order valence-electron chi connectivity index (χ1n) is 10.7. The number of anilines is 2. The lowest BCUT2D eigenvalue weighted by molar-refractivity contribution is -0.117. The lowest BCUT2D eigenvalue weighted by Gasteiger charge is -2.25. The Hall–Kier alpha value is -2.34. The Morgan fingerprint density at radius 3 is 2.67 bits per heavy atom. The van der Waals surface area contributed by atoms with Crippen LogP contribution < -0.4 is 10.2 Å². The van der Waals surface area contributed by atoms with Crippen LogP contribution in [0.5, 0.6) is 0 Å². The maximum Gasteiger partial charge on any atom is 0.238 e. The maximum atomic E-state index is 14.3. The Balaban J connectivity index is 1.62. The number of carbonyl (C=O) groups is 2. The number of nitrogens with one attached hydrogen (secondary N) is 1. The number of benzene rings is 2. The Bertz CT molecular complexity index is 874. The zero-order chi connectivity index (χ0) is 21.3. The summed E-state index contributed by atoms with van der Waals surface area (Å²) in [6, 6.07) is 13.8. The van der Waals surface area contributed by atoms with Crippen LogP contribution in [0.3, 0.4) is 0 Å². The van der Waals surface area contributed by atoms with Crippen LogP contribution in [0.2, 0.25) is 0 Å². The van der Waals surface area contributed by atoms with E-state index in [2.05, 4.69) is 12.2 Å². The fourth-order valence-electron chi connectivity index (χ4n) is 3.64. The molecule has 1 fully saturated rings. The largest absolute Gasteiger partial charge is 0.326 e. The van der Waals surface area contributed by atoms with Crippen molar-refractivity contribution >= 4 is 35.0 Å². The number of thioether (sulfide) groups is 1. The van der Waals surface area contributed by atoms with Gasteiger partial charge in [-0.25, -0.2) is 4.39 Å². The van der Waals surface area contributed by atoms with Gasteiger partial charge in [-0.05, 0) is 36.2 Å². The molecule has 0 saturated carbocycles. The molecule has 0 radical (unpaired) electrons. The van der Waals surface area contributed by atoms with Gasteiger partial charge in [0.2, 0.25) is 11.8 Å². The molecular formula is C24H29FN2O2S. The van der Waals surface area contributed by atoms with Crippen LogP contribution in [0.4, 0.5) is 15.8 Å². The van der Waals surface area contributed by atoms with Crippen molar-refractivity contribution in [1.29, 1.82) is 0 Å². The summed E-state index contributed by atoms with van der Waals surface area (Å²) in [5, 5.41) is 2.64. The number of rotatable bonds is 10. The smallest absolute Gasteiger partial charge is 0.238 e. The van der Waals surface area contributed by atoms with E-state index in [-0.39, 0.29) is 22.9 Å². The van der Waals surface area contributed by atoms with Crippen molar-refractivity contribution in [1.82, 2.24) is 0 Å². The summed E-state index contributed by atoms with van der Waals surface area (Å²) in [4.78, 5) is 26.3. The van der Waals surface area contributed by atoms with E-state index in [0.29, 0.717) is 17.9 Å². The molecule has 1 aliphatic rings. The zero-order valence-corrected chi connectivity index (χ0v) is 18.2. The maximum absolute atomic E-state index is 14.3. The minimum atomic E-state index is -0.415. The summed E-state index contributed by atoms with van der Waals surface area (Å²) in [7, 11) is 0. The summed E-state index contributed by atoms with van der Waals surface area (Å²) in [6.07, 6.45) is 7.36. The van der Waals surface area contributed by atoms with Crippen molar-refractivity contribution in [2.24, 2.45) is 0 Å². The number of hydrogen-bond acceptors (Lipinski definition) is 3. The highest BCUT2D eigenvalue weighted by Gasteiger charge is 2.35. The van der Waals surface area contributed by atoms with Crippen LogP contribution in [-0.4, -0.2) is 17.6 Å². The first-order chi connectivity index (χ1) is 14.6. The molecule has 0 aliphatic carbocycles. The number of carbonyl (C=O) groups excluding carboxylic acids is 2. The van der Waals surface area contributed by atoms with E-state index in [1.54, 1.807) is 18.2 Å². The molecule has 2 amide bonds. The molecule has 0 aromatic heterocycles. The molecule has 1 saturated heterocycles. The van der Waals surface area contributed by atoms with Gasteiger partial charge >= 0.3 is 0 Å². The first kappa shape index (κ1) is 22.3. The minimum absolute atomic E-state index is 0.00347. The van der Waals surface area contributed by atoms with E-state index >= 15 is 0 Å². The summed E-state index contributed by atoms with van der Waals surface area (Å²) >= 11 is 1.46. The van der Waals surface area contributed by atoms with E-state index in [0.717, 1.165) is 18.4 Å². The molecule has 1 atom stereocenters. The van der Waals surface area contributed by atoms with Crippen LogP contribution in [0, 0.1) is 5.82 Å². The monoisotopic (exact) mass is 428 g/mol. The van der Waals surface area contributed by atoms with Crippen LogP contribution in [0.15, 0.2) is 48.5 Å². The second kappa shape index (κ2) is 11.2. The highest BCUT2D eigenvalue weighted by atomic mass is 32.2. The average molecular weight is 429 g/mol. The van der Waals surface area contributed by atoms with Gasteiger partial charge in [-0.3, -0.25) is 14.5 Å². The predicted molar refractivity (Wildman–Crippen MR) is 122 cm³/mol.